The van der Waals surface area contributed by atoms with Gasteiger partial charge in [0.05, 0.1) is 18.1 Å². The van der Waals surface area contributed by atoms with E-state index in [1.54, 1.807) is 31.4 Å². The molecule has 0 aliphatic heterocycles. The summed E-state index contributed by atoms with van der Waals surface area (Å²) in [6.45, 7) is 0.525. The summed E-state index contributed by atoms with van der Waals surface area (Å²) in [6.07, 6.45) is 4.45. The zero-order valence-corrected chi connectivity index (χ0v) is 15.5. The topological polar surface area (TPSA) is 75.6 Å². The SMILES string of the molecule is COc1cccc(C2(C(=O)NCCc3ccc(C(=O)O)cc3)CCCC2)c1. The maximum atomic E-state index is 13.1. The third-order valence-corrected chi connectivity index (χ3v) is 5.41. The van der Waals surface area contributed by atoms with Gasteiger partial charge in [0.25, 0.3) is 0 Å². The molecule has 0 atom stereocenters. The van der Waals surface area contributed by atoms with E-state index >= 15 is 0 Å². The van der Waals surface area contributed by atoms with Gasteiger partial charge in [0.15, 0.2) is 0 Å². The van der Waals surface area contributed by atoms with Crippen molar-refractivity contribution in [3.8, 4) is 5.75 Å². The molecule has 1 amide bonds. The molecule has 0 spiro atoms. The van der Waals surface area contributed by atoms with Gasteiger partial charge >= 0.3 is 5.97 Å². The Morgan fingerprint density at radius 1 is 1.11 bits per heavy atom. The van der Waals surface area contributed by atoms with Crippen molar-refractivity contribution in [1.29, 1.82) is 0 Å². The van der Waals surface area contributed by atoms with Gasteiger partial charge in [-0.3, -0.25) is 4.79 Å². The van der Waals surface area contributed by atoms with Crippen LogP contribution in [0.4, 0.5) is 0 Å². The summed E-state index contributed by atoms with van der Waals surface area (Å²) < 4.78 is 5.33. The fourth-order valence-corrected chi connectivity index (χ4v) is 3.85. The number of hydrogen-bond acceptors (Lipinski definition) is 3. The van der Waals surface area contributed by atoms with Crippen molar-refractivity contribution in [3.63, 3.8) is 0 Å². The first kappa shape index (κ1) is 19.0. The molecule has 3 rings (SSSR count). The monoisotopic (exact) mass is 367 g/mol. The summed E-state index contributed by atoms with van der Waals surface area (Å²) in [5, 5.41) is 12.0. The first-order chi connectivity index (χ1) is 13.0. The Morgan fingerprint density at radius 3 is 2.44 bits per heavy atom. The molecule has 1 fully saturated rings. The zero-order valence-electron chi connectivity index (χ0n) is 15.5. The van der Waals surface area contributed by atoms with Crippen LogP contribution < -0.4 is 10.1 Å². The van der Waals surface area contributed by atoms with E-state index in [1.165, 1.54) is 0 Å². The Morgan fingerprint density at radius 2 is 1.81 bits per heavy atom. The molecule has 27 heavy (non-hydrogen) atoms. The number of carbonyl (C=O) groups excluding carboxylic acids is 1. The number of benzene rings is 2. The molecule has 2 aromatic carbocycles. The van der Waals surface area contributed by atoms with Crippen molar-refractivity contribution < 1.29 is 19.4 Å². The quantitative estimate of drug-likeness (QED) is 0.784. The van der Waals surface area contributed by atoms with E-state index in [-0.39, 0.29) is 11.5 Å². The molecule has 1 saturated carbocycles. The second kappa shape index (κ2) is 8.25. The number of nitrogens with one attached hydrogen (secondary N) is 1. The molecule has 0 saturated heterocycles. The molecular formula is C22H25NO4. The Balaban J connectivity index is 1.66. The van der Waals surface area contributed by atoms with E-state index in [4.69, 9.17) is 9.84 Å². The minimum atomic E-state index is -0.934. The average Bonchev–Trinajstić information content (AvgIpc) is 3.19. The molecule has 0 unspecified atom stereocenters. The average molecular weight is 367 g/mol. The van der Waals surface area contributed by atoms with Gasteiger partial charge in [-0.2, -0.15) is 0 Å². The van der Waals surface area contributed by atoms with Crippen LogP contribution in [0.15, 0.2) is 48.5 Å². The number of hydrogen-bond donors (Lipinski definition) is 2. The number of amides is 1. The number of ether oxygens (including phenoxy) is 1. The van der Waals surface area contributed by atoms with E-state index < -0.39 is 11.4 Å². The van der Waals surface area contributed by atoms with Gasteiger partial charge in [0.2, 0.25) is 5.91 Å². The zero-order chi connectivity index (χ0) is 19.3. The predicted molar refractivity (Wildman–Crippen MR) is 103 cm³/mol. The Hall–Kier alpha value is -2.82. The van der Waals surface area contributed by atoms with Gasteiger partial charge < -0.3 is 15.2 Å². The summed E-state index contributed by atoms with van der Waals surface area (Å²) >= 11 is 0. The summed E-state index contributed by atoms with van der Waals surface area (Å²) in [5.74, 6) is -0.100. The Labute approximate surface area is 159 Å². The number of carbonyl (C=O) groups is 2. The standard InChI is InChI=1S/C22H25NO4/c1-27-19-6-4-5-18(15-19)22(12-2-3-13-22)21(26)23-14-11-16-7-9-17(10-8-16)20(24)25/h4-10,15H,2-3,11-14H2,1H3,(H,23,26)(H,24,25). The predicted octanol–water partition coefficient (Wildman–Crippen LogP) is 3.56. The maximum absolute atomic E-state index is 13.1. The lowest BCUT2D eigenvalue weighted by atomic mass is 9.78. The van der Waals surface area contributed by atoms with Crippen molar-refractivity contribution in [2.24, 2.45) is 0 Å². The summed E-state index contributed by atoms with van der Waals surface area (Å²) in [7, 11) is 1.64. The van der Waals surface area contributed by atoms with Crippen LogP contribution in [-0.2, 0) is 16.6 Å². The van der Waals surface area contributed by atoms with Crippen LogP contribution in [0.25, 0.3) is 0 Å². The highest BCUT2D eigenvalue weighted by atomic mass is 16.5. The van der Waals surface area contributed by atoms with Gasteiger partial charge in [0.1, 0.15) is 5.75 Å². The molecule has 1 aliphatic rings. The minimum Gasteiger partial charge on any atom is -0.497 e. The van der Waals surface area contributed by atoms with E-state index in [0.29, 0.717) is 13.0 Å². The van der Waals surface area contributed by atoms with Crippen LogP contribution in [-0.4, -0.2) is 30.6 Å². The van der Waals surface area contributed by atoms with E-state index in [9.17, 15) is 9.59 Å². The highest BCUT2D eigenvalue weighted by molar-refractivity contribution is 5.89. The number of carboxylic acids is 1. The molecule has 0 radical (unpaired) electrons. The molecule has 1 aliphatic carbocycles. The van der Waals surface area contributed by atoms with Crippen molar-refractivity contribution in [1.82, 2.24) is 5.32 Å². The number of aromatic carboxylic acids is 1. The highest BCUT2D eigenvalue weighted by Gasteiger charge is 2.42. The Bertz CT molecular complexity index is 807. The molecule has 2 aromatic rings. The van der Waals surface area contributed by atoms with Crippen molar-refractivity contribution in [3.05, 3.63) is 65.2 Å². The first-order valence-electron chi connectivity index (χ1n) is 9.30. The molecule has 0 aromatic heterocycles. The number of rotatable bonds is 7. The first-order valence-corrected chi connectivity index (χ1v) is 9.30. The smallest absolute Gasteiger partial charge is 0.335 e. The summed E-state index contributed by atoms with van der Waals surface area (Å²) in [5.41, 5.74) is 1.80. The fourth-order valence-electron chi connectivity index (χ4n) is 3.85. The lowest BCUT2D eigenvalue weighted by Crippen LogP contribution is -2.43. The van der Waals surface area contributed by atoms with Crippen LogP contribution in [0, 0.1) is 0 Å². The van der Waals surface area contributed by atoms with Crippen LogP contribution in [0.5, 0.6) is 5.75 Å². The van der Waals surface area contributed by atoms with Gasteiger partial charge in [0, 0.05) is 6.54 Å². The normalized spacial score (nSPS) is 15.3. The van der Waals surface area contributed by atoms with E-state index in [0.717, 1.165) is 42.6 Å². The van der Waals surface area contributed by atoms with Crippen LogP contribution in [0.1, 0.15) is 47.2 Å². The van der Waals surface area contributed by atoms with Crippen molar-refractivity contribution >= 4 is 11.9 Å². The van der Waals surface area contributed by atoms with Gasteiger partial charge in [-0.1, -0.05) is 37.1 Å². The van der Waals surface area contributed by atoms with Crippen molar-refractivity contribution in [2.75, 3.05) is 13.7 Å². The van der Waals surface area contributed by atoms with Gasteiger partial charge in [-0.15, -0.1) is 0 Å². The van der Waals surface area contributed by atoms with Crippen LogP contribution >= 0.6 is 0 Å². The molecule has 2 N–H and O–H groups in total. The van der Waals surface area contributed by atoms with Gasteiger partial charge in [-0.25, -0.2) is 4.79 Å². The van der Waals surface area contributed by atoms with E-state index in [2.05, 4.69) is 5.32 Å². The maximum Gasteiger partial charge on any atom is 0.335 e. The number of carboxylic acid groups (broad SMARTS) is 1. The lowest BCUT2D eigenvalue weighted by molar-refractivity contribution is -0.126. The minimum absolute atomic E-state index is 0.0652. The second-order valence-electron chi connectivity index (χ2n) is 7.03. The lowest BCUT2D eigenvalue weighted by Gasteiger charge is -2.28. The third-order valence-electron chi connectivity index (χ3n) is 5.41. The van der Waals surface area contributed by atoms with Crippen LogP contribution in [0.3, 0.4) is 0 Å². The third kappa shape index (κ3) is 4.13. The summed E-state index contributed by atoms with van der Waals surface area (Å²) in [6, 6.07) is 14.6. The largest absolute Gasteiger partial charge is 0.497 e. The molecule has 142 valence electrons. The Kier molecular flexibility index (Phi) is 5.79. The van der Waals surface area contributed by atoms with E-state index in [1.807, 2.05) is 24.3 Å². The molecule has 5 heteroatoms. The molecule has 0 heterocycles. The van der Waals surface area contributed by atoms with Crippen LogP contribution in [0.2, 0.25) is 0 Å². The fraction of sp³-hybridized carbons (Fsp3) is 0.364. The second-order valence-corrected chi connectivity index (χ2v) is 7.03. The molecule has 5 nitrogen and oxygen atoms in total. The molecular weight excluding hydrogens is 342 g/mol. The molecule has 0 bridgehead atoms. The highest BCUT2D eigenvalue weighted by Crippen LogP contribution is 2.42. The number of methoxy groups -OCH3 is 1. The van der Waals surface area contributed by atoms with Gasteiger partial charge in [-0.05, 0) is 54.7 Å². The van der Waals surface area contributed by atoms with Crippen molar-refractivity contribution in [2.45, 2.75) is 37.5 Å². The summed E-state index contributed by atoms with van der Waals surface area (Å²) in [4.78, 5) is 24.0.